The van der Waals surface area contributed by atoms with Crippen LogP contribution in [-0.4, -0.2) is 42.5 Å². The van der Waals surface area contributed by atoms with Gasteiger partial charge in [0.1, 0.15) is 0 Å². The average molecular weight is 563 g/mol. The Balaban J connectivity index is 0.00000385. The zero-order valence-electron chi connectivity index (χ0n) is 19.6. The van der Waals surface area contributed by atoms with Crippen LogP contribution in [0.4, 0.5) is 0 Å². The largest absolute Gasteiger partial charge is 0.490 e. The predicted molar refractivity (Wildman–Crippen MR) is 144 cm³/mol. The molecular formula is C25H34IN5O2. The number of halogens is 1. The number of nitrogens with zero attached hydrogens (tertiary/aromatic N) is 3. The Kier molecular flexibility index (Phi) is 11.6. The van der Waals surface area contributed by atoms with E-state index in [4.69, 9.17) is 9.47 Å². The first-order valence-corrected chi connectivity index (χ1v) is 11.1. The van der Waals surface area contributed by atoms with Crippen molar-refractivity contribution in [2.24, 2.45) is 4.99 Å². The van der Waals surface area contributed by atoms with Crippen molar-refractivity contribution in [1.29, 1.82) is 0 Å². The minimum atomic E-state index is 0. The lowest BCUT2D eigenvalue weighted by atomic mass is 10.1. The molecule has 0 radical (unpaired) electrons. The molecule has 7 nitrogen and oxygen atoms in total. The molecule has 0 spiro atoms. The lowest BCUT2D eigenvalue weighted by Crippen LogP contribution is -2.37. The first-order chi connectivity index (χ1) is 15.7. The number of guanidine groups is 1. The number of aliphatic imine (C=N–C) groups is 1. The van der Waals surface area contributed by atoms with Crippen LogP contribution in [0.25, 0.3) is 0 Å². The van der Waals surface area contributed by atoms with E-state index in [1.54, 1.807) is 13.2 Å². The van der Waals surface area contributed by atoms with Crippen molar-refractivity contribution >= 4 is 29.9 Å². The van der Waals surface area contributed by atoms with E-state index in [9.17, 15) is 0 Å². The number of hydrogen-bond donors (Lipinski definition) is 2. The molecule has 0 fully saturated rings. The van der Waals surface area contributed by atoms with E-state index < -0.39 is 0 Å². The third-order valence-corrected chi connectivity index (χ3v) is 4.89. The fourth-order valence-corrected chi connectivity index (χ4v) is 3.40. The summed E-state index contributed by atoms with van der Waals surface area (Å²) >= 11 is 0. The minimum absolute atomic E-state index is 0. The molecule has 1 aromatic heterocycles. The molecule has 0 amide bonds. The Labute approximate surface area is 213 Å². The maximum atomic E-state index is 5.72. The molecule has 3 rings (SSSR count). The molecule has 0 saturated carbocycles. The average Bonchev–Trinajstić information content (AvgIpc) is 3.31. The summed E-state index contributed by atoms with van der Waals surface area (Å²) in [6, 6.07) is 16.5. The van der Waals surface area contributed by atoms with Crippen LogP contribution in [0.2, 0.25) is 0 Å². The van der Waals surface area contributed by atoms with Crippen molar-refractivity contribution in [2.75, 3.05) is 26.8 Å². The van der Waals surface area contributed by atoms with Crippen LogP contribution < -0.4 is 20.1 Å². The highest BCUT2D eigenvalue weighted by molar-refractivity contribution is 14.0. The van der Waals surface area contributed by atoms with Gasteiger partial charge in [0.15, 0.2) is 17.5 Å². The Morgan fingerprint density at radius 3 is 2.45 bits per heavy atom. The Morgan fingerprint density at radius 2 is 1.73 bits per heavy atom. The van der Waals surface area contributed by atoms with E-state index in [2.05, 4.69) is 57.1 Å². The monoisotopic (exact) mass is 563 g/mol. The maximum Gasteiger partial charge on any atom is 0.191 e. The van der Waals surface area contributed by atoms with Gasteiger partial charge in [-0.3, -0.25) is 9.67 Å². The lowest BCUT2D eigenvalue weighted by Gasteiger charge is -2.14. The van der Waals surface area contributed by atoms with Crippen molar-refractivity contribution in [3.8, 4) is 11.5 Å². The highest BCUT2D eigenvalue weighted by Crippen LogP contribution is 2.28. The van der Waals surface area contributed by atoms with Crippen molar-refractivity contribution in [1.82, 2.24) is 20.4 Å². The molecule has 8 heteroatoms. The second-order valence-electron chi connectivity index (χ2n) is 7.27. The van der Waals surface area contributed by atoms with Gasteiger partial charge in [0.2, 0.25) is 0 Å². The minimum Gasteiger partial charge on any atom is -0.490 e. The number of rotatable bonds is 11. The lowest BCUT2D eigenvalue weighted by molar-refractivity contribution is 0.287. The van der Waals surface area contributed by atoms with E-state index in [0.29, 0.717) is 19.8 Å². The summed E-state index contributed by atoms with van der Waals surface area (Å²) in [5.74, 6) is 2.36. The quantitative estimate of drug-likeness (QED) is 0.207. The second-order valence-corrected chi connectivity index (χ2v) is 7.27. The van der Waals surface area contributed by atoms with Gasteiger partial charge < -0.3 is 20.1 Å². The summed E-state index contributed by atoms with van der Waals surface area (Å²) in [4.78, 5) is 4.34. The molecule has 0 atom stereocenters. The number of benzene rings is 2. The van der Waals surface area contributed by atoms with Gasteiger partial charge in [-0.15, -0.1) is 24.0 Å². The zero-order valence-corrected chi connectivity index (χ0v) is 21.9. The number of hydrogen-bond acceptors (Lipinski definition) is 4. The fourth-order valence-electron chi connectivity index (χ4n) is 3.40. The molecule has 0 saturated heterocycles. The van der Waals surface area contributed by atoms with Crippen LogP contribution >= 0.6 is 24.0 Å². The Bertz CT molecular complexity index is 992. The molecule has 178 valence electrons. The summed E-state index contributed by atoms with van der Waals surface area (Å²) in [5, 5.41) is 11.0. The molecule has 0 unspecified atom stereocenters. The molecule has 1 heterocycles. The van der Waals surface area contributed by atoms with Gasteiger partial charge >= 0.3 is 0 Å². The van der Waals surface area contributed by atoms with Crippen molar-refractivity contribution in [3.05, 3.63) is 77.6 Å². The van der Waals surface area contributed by atoms with Crippen LogP contribution in [0.5, 0.6) is 11.5 Å². The summed E-state index contributed by atoms with van der Waals surface area (Å²) < 4.78 is 13.3. The first-order valence-electron chi connectivity index (χ1n) is 11.1. The molecule has 2 N–H and O–H groups in total. The Hall–Kier alpha value is -2.75. The molecule has 2 aromatic carbocycles. The molecule has 0 aliphatic heterocycles. The smallest absolute Gasteiger partial charge is 0.191 e. The van der Waals surface area contributed by atoms with Crippen molar-refractivity contribution in [2.45, 2.75) is 33.4 Å². The van der Waals surface area contributed by atoms with Crippen molar-refractivity contribution in [3.63, 3.8) is 0 Å². The predicted octanol–water partition coefficient (Wildman–Crippen LogP) is 4.25. The normalized spacial score (nSPS) is 10.9. The first kappa shape index (κ1) is 26.5. The summed E-state index contributed by atoms with van der Waals surface area (Å²) in [5.41, 5.74) is 3.60. The third-order valence-electron chi connectivity index (χ3n) is 4.89. The van der Waals surface area contributed by atoms with Crippen molar-refractivity contribution < 1.29 is 9.47 Å². The second kappa shape index (κ2) is 14.4. The highest BCUT2D eigenvalue weighted by Gasteiger charge is 2.07. The van der Waals surface area contributed by atoms with Gasteiger partial charge in [0.05, 0.1) is 19.8 Å². The number of nitrogens with one attached hydrogen (secondary N) is 2. The molecule has 33 heavy (non-hydrogen) atoms. The van der Waals surface area contributed by atoms with E-state index in [0.717, 1.165) is 37.0 Å². The van der Waals surface area contributed by atoms with E-state index in [1.807, 2.05) is 36.9 Å². The van der Waals surface area contributed by atoms with Gasteiger partial charge in [-0.1, -0.05) is 30.3 Å². The number of aromatic nitrogens is 2. The van der Waals surface area contributed by atoms with E-state index in [1.165, 1.54) is 16.7 Å². The summed E-state index contributed by atoms with van der Waals surface area (Å²) in [7, 11) is 1.79. The van der Waals surface area contributed by atoms with E-state index >= 15 is 0 Å². The van der Waals surface area contributed by atoms with Gasteiger partial charge in [-0.25, -0.2) is 0 Å². The van der Waals surface area contributed by atoms with Crippen LogP contribution in [0.3, 0.4) is 0 Å². The van der Waals surface area contributed by atoms with Gasteiger partial charge in [0, 0.05) is 32.5 Å². The third kappa shape index (κ3) is 8.60. The van der Waals surface area contributed by atoms with Crippen LogP contribution in [-0.2, 0) is 19.5 Å². The highest BCUT2D eigenvalue weighted by atomic mass is 127. The van der Waals surface area contributed by atoms with Crippen LogP contribution in [0.15, 0.2) is 65.9 Å². The molecule has 0 aliphatic rings. The van der Waals surface area contributed by atoms with Gasteiger partial charge in [-0.2, -0.15) is 5.10 Å². The Morgan fingerprint density at radius 1 is 0.939 bits per heavy atom. The van der Waals surface area contributed by atoms with Gasteiger partial charge in [-0.05, 0) is 55.2 Å². The van der Waals surface area contributed by atoms with Gasteiger partial charge in [0.25, 0.3) is 0 Å². The fraction of sp³-hybridized carbons (Fsp3) is 0.360. The summed E-state index contributed by atoms with van der Waals surface area (Å²) in [6.45, 7) is 7.41. The van der Waals surface area contributed by atoms with E-state index in [-0.39, 0.29) is 24.0 Å². The molecule has 0 aliphatic carbocycles. The topological polar surface area (TPSA) is 72.7 Å². The number of ether oxygens (including phenoxy) is 2. The maximum absolute atomic E-state index is 5.72. The molecule has 3 aromatic rings. The standard InChI is InChI=1S/C25H33N5O2.HI/c1-4-31-23-11-10-20(17-24(23)32-5-2)12-14-27-25(26-3)28-18-21-8-6-9-22(16-21)19-30-15-7-13-29-30;/h6-11,13,15-17H,4-5,12,14,18-19H2,1-3H3,(H2,26,27,28);1H. The SMILES string of the molecule is CCOc1ccc(CCNC(=NC)NCc2cccc(Cn3cccn3)c2)cc1OCC.I. The van der Waals surface area contributed by atoms with Crippen LogP contribution in [0, 0.1) is 0 Å². The summed E-state index contributed by atoms with van der Waals surface area (Å²) in [6.07, 6.45) is 4.62. The molecular weight excluding hydrogens is 529 g/mol. The van der Waals surface area contributed by atoms with Crippen LogP contribution in [0.1, 0.15) is 30.5 Å². The molecule has 0 bridgehead atoms. The zero-order chi connectivity index (χ0) is 22.6.